The minimum Gasteiger partial charge on any atom is -0.493 e. The molecule has 3 N–H and O–H groups in total. The molecule has 1 aromatic carbocycles. The highest BCUT2D eigenvalue weighted by atomic mass is 35.5. The Labute approximate surface area is 183 Å². The molecule has 0 saturated heterocycles. The Bertz CT molecular complexity index is 877. The van der Waals surface area contributed by atoms with E-state index in [0.717, 1.165) is 61.4 Å². The number of carbonyl (C=O) groups is 1. The van der Waals surface area contributed by atoms with Gasteiger partial charge in [-0.2, -0.15) is 5.10 Å². The lowest BCUT2D eigenvalue weighted by Crippen LogP contribution is -2.42. The van der Waals surface area contributed by atoms with Crippen molar-refractivity contribution in [1.29, 1.82) is 0 Å². The van der Waals surface area contributed by atoms with Crippen molar-refractivity contribution < 1.29 is 14.3 Å². The summed E-state index contributed by atoms with van der Waals surface area (Å²) >= 11 is 0. The fraction of sp³-hybridized carbons (Fsp3) is 0.545. The normalized spacial score (nSPS) is 17.4. The van der Waals surface area contributed by atoms with Gasteiger partial charge in [-0.15, -0.1) is 12.4 Å². The zero-order valence-electron chi connectivity index (χ0n) is 17.7. The molecule has 1 saturated carbocycles. The number of methoxy groups -OCH3 is 2. The second-order valence-corrected chi connectivity index (χ2v) is 8.05. The Morgan fingerprint density at radius 3 is 2.67 bits per heavy atom. The van der Waals surface area contributed by atoms with Gasteiger partial charge in [0, 0.05) is 42.7 Å². The van der Waals surface area contributed by atoms with Crippen LogP contribution in [0.2, 0.25) is 0 Å². The average molecular weight is 435 g/mol. The maximum atomic E-state index is 13.0. The van der Waals surface area contributed by atoms with E-state index in [1.54, 1.807) is 14.2 Å². The number of ether oxygens (including phenoxy) is 2. The number of aromatic nitrogens is 2. The van der Waals surface area contributed by atoms with Crippen molar-refractivity contribution in [3.8, 4) is 11.5 Å². The predicted molar refractivity (Wildman–Crippen MR) is 118 cm³/mol. The number of nitrogens with one attached hydrogen (secondary N) is 3. The molecular formula is C22H31ClN4O3. The summed E-state index contributed by atoms with van der Waals surface area (Å²) in [5.74, 6) is 1.35. The van der Waals surface area contributed by atoms with E-state index in [4.69, 9.17) is 9.47 Å². The first kappa shape index (κ1) is 22.4. The van der Waals surface area contributed by atoms with Crippen LogP contribution in [0, 0.1) is 0 Å². The fourth-order valence-corrected chi connectivity index (χ4v) is 4.71. The number of hydrogen-bond donors (Lipinski definition) is 3. The molecule has 1 aliphatic heterocycles. The van der Waals surface area contributed by atoms with E-state index in [2.05, 4.69) is 33.0 Å². The molecule has 164 valence electrons. The maximum Gasteiger partial charge on any atom is 0.272 e. The summed E-state index contributed by atoms with van der Waals surface area (Å²) in [6.45, 7) is 2.20. The second kappa shape index (κ2) is 9.71. The molecule has 0 bridgehead atoms. The molecule has 0 atom stereocenters. The van der Waals surface area contributed by atoms with Crippen LogP contribution in [0.3, 0.4) is 0 Å². The molecule has 7 nitrogen and oxygen atoms in total. The molecular weight excluding hydrogens is 404 g/mol. The minimum absolute atomic E-state index is 0. The van der Waals surface area contributed by atoms with Gasteiger partial charge in [-0.1, -0.05) is 25.3 Å². The zero-order chi connectivity index (χ0) is 20.3. The molecule has 1 aromatic heterocycles. The molecule has 1 aliphatic carbocycles. The molecule has 0 spiro atoms. The van der Waals surface area contributed by atoms with Crippen LogP contribution < -0.4 is 20.1 Å². The van der Waals surface area contributed by atoms with Gasteiger partial charge in [-0.05, 0) is 30.5 Å². The summed E-state index contributed by atoms with van der Waals surface area (Å²) in [5.41, 5.74) is 3.69. The number of benzene rings is 1. The number of amides is 1. The van der Waals surface area contributed by atoms with E-state index < -0.39 is 0 Å². The van der Waals surface area contributed by atoms with Gasteiger partial charge in [0.05, 0.1) is 14.2 Å². The number of nitrogens with zero attached hydrogens (tertiary/aromatic N) is 1. The van der Waals surface area contributed by atoms with Crippen LogP contribution in [-0.2, 0) is 18.4 Å². The summed E-state index contributed by atoms with van der Waals surface area (Å²) in [7, 11) is 3.30. The van der Waals surface area contributed by atoms with Crippen LogP contribution in [0.5, 0.6) is 11.5 Å². The molecule has 2 aromatic rings. The van der Waals surface area contributed by atoms with Crippen molar-refractivity contribution in [2.24, 2.45) is 0 Å². The van der Waals surface area contributed by atoms with Crippen LogP contribution in [0.4, 0.5) is 0 Å². The molecule has 0 unspecified atom stereocenters. The lowest BCUT2D eigenvalue weighted by Gasteiger charge is -2.38. The summed E-state index contributed by atoms with van der Waals surface area (Å²) < 4.78 is 10.9. The third-order valence-corrected chi connectivity index (χ3v) is 6.42. The number of H-pyrrole nitrogens is 1. The number of rotatable bonds is 6. The molecule has 8 heteroatoms. The fourth-order valence-electron chi connectivity index (χ4n) is 4.71. The first-order valence-electron chi connectivity index (χ1n) is 10.4. The summed E-state index contributed by atoms with van der Waals surface area (Å²) in [4.78, 5) is 13.0. The Morgan fingerprint density at radius 1 is 1.17 bits per heavy atom. The van der Waals surface area contributed by atoms with Crippen molar-refractivity contribution >= 4 is 18.3 Å². The quantitative estimate of drug-likeness (QED) is 0.650. The number of aromatic amines is 1. The number of carbonyl (C=O) groups excluding carboxylic acids is 1. The van der Waals surface area contributed by atoms with Crippen molar-refractivity contribution in [3.63, 3.8) is 0 Å². The molecule has 30 heavy (non-hydrogen) atoms. The SMILES string of the molecule is COc1ccc(C2(CNC(=O)c3n[nH]c4c3CNCC4)CCCCC2)cc1OC.Cl. The number of halogens is 1. The maximum absolute atomic E-state index is 13.0. The Morgan fingerprint density at radius 2 is 1.93 bits per heavy atom. The lowest BCUT2D eigenvalue weighted by molar-refractivity contribution is 0.0930. The molecule has 0 radical (unpaired) electrons. The predicted octanol–water partition coefficient (Wildman–Crippen LogP) is 3.13. The molecule has 2 aliphatic rings. The molecule has 1 amide bonds. The molecule has 1 fully saturated rings. The van der Waals surface area contributed by atoms with E-state index in [-0.39, 0.29) is 23.7 Å². The monoisotopic (exact) mass is 434 g/mol. The highest BCUT2D eigenvalue weighted by Gasteiger charge is 2.35. The van der Waals surface area contributed by atoms with Crippen molar-refractivity contribution in [2.75, 3.05) is 27.3 Å². The van der Waals surface area contributed by atoms with Gasteiger partial charge in [0.15, 0.2) is 17.2 Å². The van der Waals surface area contributed by atoms with Gasteiger partial charge in [-0.3, -0.25) is 9.89 Å². The van der Waals surface area contributed by atoms with Crippen LogP contribution >= 0.6 is 12.4 Å². The average Bonchev–Trinajstić information content (AvgIpc) is 3.22. The second-order valence-electron chi connectivity index (χ2n) is 8.05. The number of hydrogen-bond acceptors (Lipinski definition) is 5. The van der Waals surface area contributed by atoms with Gasteiger partial charge >= 0.3 is 0 Å². The first-order valence-corrected chi connectivity index (χ1v) is 10.4. The van der Waals surface area contributed by atoms with E-state index in [1.807, 2.05) is 6.07 Å². The third-order valence-electron chi connectivity index (χ3n) is 6.42. The number of fused-ring (bicyclic) bond motifs is 1. The van der Waals surface area contributed by atoms with E-state index in [0.29, 0.717) is 18.8 Å². The minimum atomic E-state index is -0.100. The van der Waals surface area contributed by atoms with Crippen LogP contribution in [0.15, 0.2) is 18.2 Å². The van der Waals surface area contributed by atoms with E-state index >= 15 is 0 Å². The highest BCUT2D eigenvalue weighted by molar-refractivity contribution is 5.94. The summed E-state index contributed by atoms with van der Waals surface area (Å²) in [5, 5.41) is 13.8. The third kappa shape index (κ3) is 4.27. The van der Waals surface area contributed by atoms with Gasteiger partial charge in [0.25, 0.3) is 5.91 Å². The van der Waals surface area contributed by atoms with Crippen LogP contribution in [0.25, 0.3) is 0 Å². The van der Waals surface area contributed by atoms with E-state index in [9.17, 15) is 4.79 Å². The largest absolute Gasteiger partial charge is 0.493 e. The van der Waals surface area contributed by atoms with Crippen molar-refractivity contribution in [2.45, 2.75) is 50.5 Å². The van der Waals surface area contributed by atoms with Gasteiger partial charge in [0.1, 0.15) is 0 Å². The molecule has 4 rings (SSSR count). The smallest absolute Gasteiger partial charge is 0.272 e. The Kier molecular flexibility index (Phi) is 7.26. The van der Waals surface area contributed by atoms with Crippen LogP contribution in [-0.4, -0.2) is 43.4 Å². The topological polar surface area (TPSA) is 88.3 Å². The van der Waals surface area contributed by atoms with Gasteiger partial charge in [0.2, 0.25) is 0 Å². The zero-order valence-corrected chi connectivity index (χ0v) is 18.5. The van der Waals surface area contributed by atoms with E-state index in [1.165, 1.54) is 12.0 Å². The summed E-state index contributed by atoms with van der Waals surface area (Å²) in [6, 6.07) is 6.14. The van der Waals surface area contributed by atoms with Gasteiger partial charge in [-0.25, -0.2) is 0 Å². The Balaban J connectivity index is 0.00000256. The van der Waals surface area contributed by atoms with Crippen molar-refractivity contribution in [3.05, 3.63) is 40.7 Å². The standard InChI is InChI=1S/C22H30N4O3.ClH/c1-28-18-7-6-15(12-19(18)29-2)22(9-4-3-5-10-22)14-24-21(27)20-16-13-23-11-8-17(16)25-26-20;/h6-7,12,23H,3-5,8-11,13-14H2,1-2H3,(H,24,27)(H,25,26);1H. The summed E-state index contributed by atoms with van der Waals surface area (Å²) in [6.07, 6.45) is 6.52. The Hall–Kier alpha value is -2.25. The van der Waals surface area contributed by atoms with Gasteiger partial charge < -0.3 is 20.1 Å². The first-order chi connectivity index (χ1) is 14.2. The lowest BCUT2D eigenvalue weighted by atomic mass is 9.69. The molecule has 2 heterocycles. The van der Waals surface area contributed by atoms with Crippen LogP contribution in [0.1, 0.15) is 59.4 Å². The van der Waals surface area contributed by atoms with Crippen molar-refractivity contribution in [1.82, 2.24) is 20.8 Å². The highest BCUT2D eigenvalue weighted by Crippen LogP contribution is 2.42.